The van der Waals surface area contributed by atoms with Gasteiger partial charge in [0.2, 0.25) is 5.91 Å². The Hall–Kier alpha value is -1.30. The normalized spacial score (nSPS) is 19.4. The molecule has 1 atom stereocenters. The molecule has 0 aromatic rings. The lowest BCUT2D eigenvalue weighted by Crippen LogP contribution is -2.45. The van der Waals surface area contributed by atoms with Crippen molar-refractivity contribution in [2.45, 2.75) is 39.2 Å². The van der Waals surface area contributed by atoms with Crippen molar-refractivity contribution in [2.75, 3.05) is 40.3 Å². The Kier molecular flexibility index (Phi) is 7.50. The van der Waals surface area contributed by atoms with Gasteiger partial charge in [-0.3, -0.25) is 4.79 Å². The molecule has 0 radical (unpaired) electrons. The zero-order chi connectivity index (χ0) is 15.8. The second-order valence-electron chi connectivity index (χ2n) is 6.27. The third kappa shape index (κ3) is 6.80. The van der Waals surface area contributed by atoms with E-state index in [0.717, 1.165) is 13.1 Å². The lowest BCUT2D eigenvalue weighted by Gasteiger charge is -2.35. The number of nitrogens with zero attached hydrogens (tertiary/aromatic N) is 2. The van der Waals surface area contributed by atoms with E-state index in [9.17, 15) is 9.59 Å². The topological polar surface area (TPSA) is 64.7 Å². The molecular formula is C15H30N4O2. The largest absolute Gasteiger partial charge is 0.349 e. The Morgan fingerprint density at radius 3 is 2.62 bits per heavy atom. The van der Waals surface area contributed by atoms with Crippen molar-refractivity contribution in [3.63, 3.8) is 0 Å². The van der Waals surface area contributed by atoms with Crippen molar-refractivity contribution in [3.8, 4) is 0 Å². The van der Waals surface area contributed by atoms with Gasteiger partial charge in [-0.25, -0.2) is 4.79 Å². The van der Waals surface area contributed by atoms with Crippen molar-refractivity contribution in [1.29, 1.82) is 0 Å². The summed E-state index contributed by atoms with van der Waals surface area (Å²) in [6, 6.07) is 0.391. The maximum absolute atomic E-state index is 11.7. The molecule has 21 heavy (non-hydrogen) atoms. The molecule has 0 aromatic heterocycles. The number of piperidine rings is 1. The molecule has 1 fully saturated rings. The van der Waals surface area contributed by atoms with Gasteiger partial charge in [0.15, 0.2) is 0 Å². The molecule has 0 saturated carbocycles. The lowest BCUT2D eigenvalue weighted by atomic mass is 9.97. The number of likely N-dealkylation sites (tertiary alicyclic amines) is 1. The Balaban J connectivity index is 2.16. The maximum Gasteiger partial charge on any atom is 0.314 e. The van der Waals surface area contributed by atoms with E-state index in [4.69, 9.17) is 0 Å². The van der Waals surface area contributed by atoms with E-state index in [0.29, 0.717) is 31.5 Å². The monoisotopic (exact) mass is 298 g/mol. The molecule has 0 spiro atoms. The highest BCUT2D eigenvalue weighted by Crippen LogP contribution is 2.17. The third-order valence-corrected chi connectivity index (χ3v) is 3.96. The molecule has 6 nitrogen and oxygen atoms in total. The number of amides is 3. The summed E-state index contributed by atoms with van der Waals surface area (Å²) in [6.45, 7) is 7.72. The van der Waals surface area contributed by atoms with Gasteiger partial charge in [-0.2, -0.15) is 0 Å². The highest BCUT2D eigenvalue weighted by molar-refractivity contribution is 5.77. The molecule has 0 aliphatic carbocycles. The fraction of sp³-hybridized carbons (Fsp3) is 0.867. The van der Waals surface area contributed by atoms with Crippen molar-refractivity contribution < 1.29 is 9.59 Å². The number of hydrogen-bond acceptors (Lipinski definition) is 3. The molecule has 0 bridgehead atoms. The van der Waals surface area contributed by atoms with Crippen LogP contribution in [0, 0.1) is 5.92 Å². The predicted molar refractivity (Wildman–Crippen MR) is 84.1 cm³/mol. The molecule has 1 saturated heterocycles. The summed E-state index contributed by atoms with van der Waals surface area (Å²) in [7, 11) is 3.43. The van der Waals surface area contributed by atoms with Crippen LogP contribution in [0.1, 0.15) is 33.1 Å². The van der Waals surface area contributed by atoms with Crippen LogP contribution in [0.3, 0.4) is 0 Å². The van der Waals surface area contributed by atoms with Gasteiger partial charge in [0, 0.05) is 46.2 Å². The second-order valence-corrected chi connectivity index (χ2v) is 6.27. The summed E-state index contributed by atoms with van der Waals surface area (Å²) >= 11 is 0. The van der Waals surface area contributed by atoms with E-state index in [-0.39, 0.29) is 11.9 Å². The minimum Gasteiger partial charge on any atom is -0.349 e. The van der Waals surface area contributed by atoms with Crippen LogP contribution in [-0.2, 0) is 4.79 Å². The molecule has 3 amide bonds. The summed E-state index contributed by atoms with van der Waals surface area (Å²) in [5.74, 6) is 0.547. The number of hydrogen-bond donors (Lipinski definition) is 2. The Bertz CT molecular complexity index is 345. The molecule has 122 valence electrons. The minimum absolute atomic E-state index is 0.0233. The molecule has 1 aliphatic heterocycles. The number of carbonyl (C=O) groups excluding carboxylic acids is 2. The van der Waals surface area contributed by atoms with E-state index in [1.807, 2.05) is 0 Å². The number of carbonyl (C=O) groups is 2. The lowest BCUT2D eigenvalue weighted by molar-refractivity contribution is -0.128. The van der Waals surface area contributed by atoms with Crippen LogP contribution >= 0.6 is 0 Å². The van der Waals surface area contributed by atoms with E-state index in [2.05, 4.69) is 29.4 Å². The van der Waals surface area contributed by atoms with Gasteiger partial charge in [-0.1, -0.05) is 0 Å². The minimum atomic E-state index is -0.178. The fourth-order valence-electron chi connectivity index (χ4n) is 2.54. The molecule has 6 heteroatoms. The smallest absolute Gasteiger partial charge is 0.314 e. The summed E-state index contributed by atoms with van der Waals surface area (Å²) in [4.78, 5) is 27.1. The predicted octanol–water partition coefficient (Wildman–Crippen LogP) is 0.884. The highest BCUT2D eigenvalue weighted by atomic mass is 16.2. The van der Waals surface area contributed by atoms with Crippen molar-refractivity contribution >= 4 is 11.9 Å². The van der Waals surface area contributed by atoms with Crippen LogP contribution in [0.4, 0.5) is 4.79 Å². The molecule has 1 unspecified atom stereocenters. The van der Waals surface area contributed by atoms with Crippen molar-refractivity contribution in [1.82, 2.24) is 20.4 Å². The van der Waals surface area contributed by atoms with Crippen molar-refractivity contribution in [2.24, 2.45) is 5.92 Å². The quantitative estimate of drug-likeness (QED) is 0.765. The zero-order valence-electron chi connectivity index (χ0n) is 13.8. The summed E-state index contributed by atoms with van der Waals surface area (Å²) < 4.78 is 0. The molecule has 2 N–H and O–H groups in total. The van der Waals surface area contributed by atoms with E-state index in [1.54, 1.807) is 14.1 Å². The van der Waals surface area contributed by atoms with E-state index >= 15 is 0 Å². The van der Waals surface area contributed by atoms with Gasteiger partial charge in [-0.05, 0) is 39.2 Å². The van der Waals surface area contributed by atoms with Crippen molar-refractivity contribution in [3.05, 3.63) is 0 Å². The summed E-state index contributed by atoms with van der Waals surface area (Å²) in [5, 5.41) is 5.64. The first kappa shape index (κ1) is 17.8. The van der Waals surface area contributed by atoms with Gasteiger partial charge in [0.1, 0.15) is 0 Å². The number of urea groups is 1. The van der Waals surface area contributed by atoms with Gasteiger partial charge in [0.25, 0.3) is 0 Å². The van der Waals surface area contributed by atoms with Crippen LogP contribution in [0.5, 0.6) is 0 Å². The van der Waals surface area contributed by atoms with Gasteiger partial charge < -0.3 is 20.4 Å². The van der Waals surface area contributed by atoms with Crippen LogP contribution < -0.4 is 10.6 Å². The first-order valence-electron chi connectivity index (χ1n) is 7.86. The highest BCUT2D eigenvalue weighted by Gasteiger charge is 2.21. The van der Waals surface area contributed by atoms with Crippen LogP contribution in [-0.4, -0.2) is 68.1 Å². The molecule has 1 heterocycles. The van der Waals surface area contributed by atoms with Crippen LogP contribution in [0.2, 0.25) is 0 Å². The fourth-order valence-corrected chi connectivity index (χ4v) is 2.54. The first-order chi connectivity index (χ1) is 9.90. The Labute approximate surface area is 128 Å². The van der Waals surface area contributed by atoms with E-state index in [1.165, 1.54) is 17.7 Å². The van der Waals surface area contributed by atoms with Gasteiger partial charge >= 0.3 is 6.03 Å². The number of nitrogens with one attached hydrogen (secondary N) is 2. The molecule has 1 rings (SSSR count). The SMILES string of the molecule is CC(C)N1CCCC(CNC(=O)NCCC(=O)N(C)C)C1. The van der Waals surface area contributed by atoms with Crippen LogP contribution in [0.25, 0.3) is 0 Å². The average Bonchev–Trinajstić information content (AvgIpc) is 2.45. The zero-order valence-corrected chi connectivity index (χ0v) is 13.8. The van der Waals surface area contributed by atoms with E-state index < -0.39 is 0 Å². The van der Waals surface area contributed by atoms with Gasteiger partial charge in [0.05, 0.1) is 0 Å². The first-order valence-corrected chi connectivity index (χ1v) is 7.86. The maximum atomic E-state index is 11.7. The summed E-state index contributed by atoms with van der Waals surface area (Å²) in [6.07, 6.45) is 2.71. The molecule has 0 aromatic carbocycles. The molecular weight excluding hydrogens is 268 g/mol. The Morgan fingerprint density at radius 1 is 1.29 bits per heavy atom. The summed E-state index contributed by atoms with van der Waals surface area (Å²) in [5.41, 5.74) is 0. The van der Waals surface area contributed by atoms with Crippen LogP contribution in [0.15, 0.2) is 0 Å². The Morgan fingerprint density at radius 2 is 2.00 bits per heavy atom. The third-order valence-electron chi connectivity index (χ3n) is 3.96. The number of rotatable bonds is 6. The average molecular weight is 298 g/mol. The molecule has 1 aliphatic rings. The van der Waals surface area contributed by atoms with Gasteiger partial charge in [-0.15, -0.1) is 0 Å². The standard InChI is InChI=1S/C15H30N4O2/c1-12(2)19-9-5-6-13(11-19)10-17-15(21)16-8-7-14(20)18(3)4/h12-13H,5-11H2,1-4H3,(H2,16,17,21). The second kappa shape index (κ2) is 8.87.